The van der Waals surface area contributed by atoms with Crippen molar-refractivity contribution in [3.05, 3.63) is 33.3 Å². The van der Waals surface area contributed by atoms with Gasteiger partial charge in [0.15, 0.2) is 0 Å². The number of halogens is 2. The lowest BCUT2D eigenvalue weighted by atomic mass is 9.97. The van der Waals surface area contributed by atoms with Crippen molar-refractivity contribution in [2.45, 2.75) is 19.9 Å². The SMILES string of the molecule is CC(C)C(NN)c1ccc(Br)c(Cl)c1. The summed E-state index contributed by atoms with van der Waals surface area (Å²) >= 11 is 9.36. The molecule has 78 valence electrons. The molecule has 1 atom stereocenters. The number of rotatable bonds is 3. The zero-order valence-electron chi connectivity index (χ0n) is 8.22. The molecule has 0 amide bonds. The van der Waals surface area contributed by atoms with E-state index >= 15 is 0 Å². The Morgan fingerprint density at radius 3 is 2.50 bits per heavy atom. The van der Waals surface area contributed by atoms with Gasteiger partial charge in [0.25, 0.3) is 0 Å². The van der Waals surface area contributed by atoms with Crippen LogP contribution < -0.4 is 11.3 Å². The zero-order chi connectivity index (χ0) is 10.7. The molecule has 0 spiro atoms. The summed E-state index contributed by atoms with van der Waals surface area (Å²) in [5.74, 6) is 5.92. The van der Waals surface area contributed by atoms with Crippen molar-refractivity contribution >= 4 is 27.5 Å². The van der Waals surface area contributed by atoms with Crippen LogP contribution >= 0.6 is 27.5 Å². The fourth-order valence-electron chi connectivity index (χ4n) is 1.38. The van der Waals surface area contributed by atoms with Crippen LogP contribution in [0.2, 0.25) is 5.02 Å². The molecule has 0 aliphatic heterocycles. The van der Waals surface area contributed by atoms with Gasteiger partial charge in [0.1, 0.15) is 0 Å². The minimum Gasteiger partial charge on any atom is -0.271 e. The summed E-state index contributed by atoms with van der Waals surface area (Å²) in [5.41, 5.74) is 3.90. The van der Waals surface area contributed by atoms with Crippen LogP contribution in [0, 0.1) is 5.92 Å². The second-order valence-corrected chi connectivity index (χ2v) is 4.82. The first-order valence-electron chi connectivity index (χ1n) is 4.47. The molecule has 0 aliphatic rings. The van der Waals surface area contributed by atoms with Crippen LogP contribution in [-0.2, 0) is 0 Å². The van der Waals surface area contributed by atoms with Gasteiger partial charge in [-0.05, 0) is 39.5 Å². The third-order valence-electron chi connectivity index (χ3n) is 2.15. The molecule has 1 rings (SSSR count). The van der Waals surface area contributed by atoms with Crippen molar-refractivity contribution < 1.29 is 0 Å². The summed E-state index contributed by atoms with van der Waals surface area (Å²) < 4.78 is 0.905. The van der Waals surface area contributed by atoms with E-state index in [2.05, 4.69) is 35.2 Å². The van der Waals surface area contributed by atoms with E-state index in [1.165, 1.54) is 0 Å². The summed E-state index contributed by atoms with van der Waals surface area (Å²) in [7, 11) is 0. The highest BCUT2D eigenvalue weighted by atomic mass is 79.9. The first-order valence-corrected chi connectivity index (χ1v) is 5.64. The number of hydrazine groups is 1. The first-order chi connectivity index (χ1) is 6.56. The van der Waals surface area contributed by atoms with Crippen LogP contribution in [0.15, 0.2) is 22.7 Å². The lowest BCUT2D eigenvalue weighted by Gasteiger charge is -2.20. The van der Waals surface area contributed by atoms with Gasteiger partial charge in [-0.1, -0.05) is 31.5 Å². The van der Waals surface area contributed by atoms with Gasteiger partial charge >= 0.3 is 0 Å². The van der Waals surface area contributed by atoms with Gasteiger partial charge < -0.3 is 0 Å². The molecule has 1 aromatic rings. The maximum atomic E-state index is 6.00. The van der Waals surface area contributed by atoms with Gasteiger partial charge in [0.05, 0.1) is 5.02 Å². The summed E-state index contributed by atoms with van der Waals surface area (Å²) in [6, 6.07) is 6.02. The van der Waals surface area contributed by atoms with Crippen molar-refractivity contribution in [1.82, 2.24) is 5.43 Å². The molecule has 0 heterocycles. The number of nitrogens with two attached hydrogens (primary N) is 1. The Kier molecular flexibility index (Phi) is 4.38. The van der Waals surface area contributed by atoms with Crippen molar-refractivity contribution in [3.63, 3.8) is 0 Å². The standard InChI is InChI=1S/C10H14BrClN2/c1-6(2)10(14-13)7-3-4-8(11)9(12)5-7/h3-6,10,14H,13H2,1-2H3. The molecule has 0 saturated carbocycles. The number of hydrogen-bond donors (Lipinski definition) is 2. The van der Waals surface area contributed by atoms with Crippen LogP contribution in [0.5, 0.6) is 0 Å². The molecule has 0 fully saturated rings. The molecule has 0 aromatic heterocycles. The summed E-state index contributed by atoms with van der Waals surface area (Å²) in [5, 5.41) is 0.711. The molecule has 3 N–H and O–H groups in total. The molecule has 1 aromatic carbocycles. The Bertz CT molecular complexity index is 315. The second kappa shape index (κ2) is 5.12. The molecular formula is C10H14BrClN2. The fraction of sp³-hybridized carbons (Fsp3) is 0.400. The van der Waals surface area contributed by atoms with Crippen molar-refractivity contribution in [2.24, 2.45) is 11.8 Å². The van der Waals surface area contributed by atoms with E-state index in [-0.39, 0.29) is 6.04 Å². The van der Waals surface area contributed by atoms with Gasteiger partial charge in [-0.25, -0.2) is 0 Å². The lowest BCUT2D eigenvalue weighted by molar-refractivity contribution is 0.421. The minimum atomic E-state index is 0.139. The average Bonchev–Trinajstić information content (AvgIpc) is 2.11. The van der Waals surface area contributed by atoms with Crippen molar-refractivity contribution in [2.75, 3.05) is 0 Å². The molecule has 4 heteroatoms. The highest BCUT2D eigenvalue weighted by molar-refractivity contribution is 9.10. The van der Waals surface area contributed by atoms with Gasteiger partial charge in [-0.2, -0.15) is 0 Å². The predicted octanol–water partition coefficient (Wildman–Crippen LogP) is 3.26. The molecule has 0 radical (unpaired) electrons. The van der Waals surface area contributed by atoms with Gasteiger partial charge in [-0.3, -0.25) is 11.3 Å². The monoisotopic (exact) mass is 276 g/mol. The number of nitrogens with one attached hydrogen (secondary N) is 1. The molecule has 1 unspecified atom stereocenters. The molecular weight excluding hydrogens is 263 g/mol. The molecule has 14 heavy (non-hydrogen) atoms. The van der Waals surface area contributed by atoms with E-state index in [0.29, 0.717) is 10.9 Å². The smallest absolute Gasteiger partial charge is 0.0551 e. The predicted molar refractivity (Wildman–Crippen MR) is 64.1 cm³/mol. The largest absolute Gasteiger partial charge is 0.271 e. The molecule has 0 saturated heterocycles. The Labute approximate surface area is 97.9 Å². The fourth-order valence-corrected chi connectivity index (χ4v) is 1.82. The lowest BCUT2D eigenvalue weighted by Crippen LogP contribution is -2.31. The van der Waals surface area contributed by atoms with Crippen LogP contribution in [-0.4, -0.2) is 0 Å². The van der Waals surface area contributed by atoms with Crippen LogP contribution in [0.4, 0.5) is 0 Å². The first kappa shape index (κ1) is 12.0. The van der Waals surface area contributed by atoms with Crippen molar-refractivity contribution in [3.8, 4) is 0 Å². The summed E-state index contributed by atoms with van der Waals surface area (Å²) in [6.07, 6.45) is 0. The Morgan fingerprint density at radius 1 is 1.43 bits per heavy atom. The summed E-state index contributed by atoms with van der Waals surface area (Å²) in [4.78, 5) is 0. The van der Waals surface area contributed by atoms with Gasteiger partial charge in [-0.15, -0.1) is 0 Å². The van der Waals surface area contributed by atoms with Crippen LogP contribution in [0.25, 0.3) is 0 Å². The van der Waals surface area contributed by atoms with E-state index in [1.54, 1.807) is 0 Å². The number of benzene rings is 1. The highest BCUT2D eigenvalue weighted by Gasteiger charge is 2.14. The Balaban J connectivity index is 3.00. The maximum absolute atomic E-state index is 6.00. The minimum absolute atomic E-state index is 0.139. The van der Waals surface area contributed by atoms with E-state index in [9.17, 15) is 0 Å². The Hall–Kier alpha value is -0.0900. The topological polar surface area (TPSA) is 38.0 Å². The van der Waals surface area contributed by atoms with Gasteiger partial charge in [0.2, 0.25) is 0 Å². The maximum Gasteiger partial charge on any atom is 0.0551 e. The highest BCUT2D eigenvalue weighted by Crippen LogP contribution is 2.28. The van der Waals surface area contributed by atoms with Gasteiger partial charge in [0, 0.05) is 10.5 Å². The van der Waals surface area contributed by atoms with E-state index in [4.69, 9.17) is 17.4 Å². The molecule has 0 aliphatic carbocycles. The Morgan fingerprint density at radius 2 is 2.07 bits per heavy atom. The van der Waals surface area contributed by atoms with E-state index < -0.39 is 0 Å². The third-order valence-corrected chi connectivity index (χ3v) is 3.38. The third kappa shape index (κ3) is 2.70. The average molecular weight is 278 g/mol. The normalized spacial score (nSPS) is 13.3. The molecule has 0 bridgehead atoms. The summed E-state index contributed by atoms with van der Waals surface area (Å²) in [6.45, 7) is 4.22. The van der Waals surface area contributed by atoms with E-state index in [1.807, 2.05) is 18.2 Å². The van der Waals surface area contributed by atoms with Crippen LogP contribution in [0.1, 0.15) is 25.5 Å². The van der Waals surface area contributed by atoms with E-state index in [0.717, 1.165) is 10.0 Å². The zero-order valence-corrected chi connectivity index (χ0v) is 10.6. The number of hydrogen-bond acceptors (Lipinski definition) is 2. The van der Waals surface area contributed by atoms with Crippen molar-refractivity contribution in [1.29, 1.82) is 0 Å². The quantitative estimate of drug-likeness (QED) is 0.657. The van der Waals surface area contributed by atoms with Crippen LogP contribution in [0.3, 0.4) is 0 Å². The second-order valence-electron chi connectivity index (χ2n) is 3.56. The molecule has 2 nitrogen and oxygen atoms in total.